The van der Waals surface area contributed by atoms with Crippen molar-refractivity contribution in [3.63, 3.8) is 0 Å². The van der Waals surface area contributed by atoms with Crippen LogP contribution in [0.5, 0.6) is 0 Å². The Morgan fingerprint density at radius 1 is 1.25 bits per heavy atom. The van der Waals surface area contributed by atoms with Gasteiger partial charge < -0.3 is 9.64 Å². The number of nitrogens with zero attached hydrogens (tertiary/aromatic N) is 4. The second-order valence-electron chi connectivity index (χ2n) is 6.17. The molecular formula is C17H19N5O2. The van der Waals surface area contributed by atoms with E-state index in [1.165, 1.54) is 0 Å². The van der Waals surface area contributed by atoms with E-state index in [9.17, 15) is 4.79 Å². The van der Waals surface area contributed by atoms with Gasteiger partial charge in [-0.2, -0.15) is 5.10 Å². The maximum absolute atomic E-state index is 11.4. The van der Waals surface area contributed by atoms with Gasteiger partial charge in [-0.05, 0) is 12.1 Å². The lowest BCUT2D eigenvalue weighted by atomic mass is 9.93. The van der Waals surface area contributed by atoms with Crippen LogP contribution in [0.25, 0.3) is 10.9 Å². The third kappa shape index (κ3) is 2.71. The lowest BCUT2D eigenvalue weighted by Crippen LogP contribution is -2.36. The molecule has 7 heteroatoms. The molecule has 1 amide bonds. The number of carbonyl (C=O) groups is 1. The van der Waals surface area contributed by atoms with Gasteiger partial charge in [0.25, 0.3) is 0 Å². The number of carbonyl (C=O) groups excluding carboxylic acids is 1. The van der Waals surface area contributed by atoms with Gasteiger partial charge in [0.2, 0.25) is 5.91 Å². The van der Waals surface area contributed by atoms with Crippen LogP contribution in [0, 0.1) is 5.92 Å². The zero-order valence-corrected chi connectivity index (χ0v) is 13.5. The maximum Gasteiger partial charge on any atom is 0.240 e. The van der Waals surface area contributed by atoms with Crippen LogP contribution in [0.2, 0.25) is 0 Å². The molecule has 0 radical (unpaired) electrons. The molecule has 24 heavy (non-hydrogen) atoms. The van der Waals surface area contributed by atoms with Gasteiger partial charge in [0.15, 0.2) is 0 Å². The molecule has 1 fully saturated rings. The number of hydrazone groups is 1. The number of anilines is 1. The Hall–Kier alpha value is -2.54. The molecular weight excluding hydrogens is 306 g/mol. The largest absolute Gasteiger partial charge is 0.378 e. The average molecular weight is 325 g/mol. The Labute approximate surface area is 139 Å². The van der Waals surface area contributed by atoms with E-state index in [0.29, 0.717) is 6.42 Å². The lowest BCUT2D eigenvalue weighted by Gasteiger charge is -2.28. The summed E-state index contributed by atoms with van der Waals surface area (Å²) < 4.78 is 5.42. The van der Waals surface area contributed by atoms with Crippen molar-refractivity contribution in [1.82, 2.24) is 15.4 Å². The zero-order chi connectivity index (χ0) is 16.5. The Bertz CT molecular complexity index is 814. The van der Waals surface area contributed by atoms with E-state index in [1.54, 1.807) is 6.33 Å². The summed E-state index contributed by atoms with van der Waals surface area (Å²) in [4.78, 5) is 22.5. The van der Waals surface area contributed by atoms with E-state index in [4.69, 9.17) is 4.74 Å². The Morgan fingerprint density at radius 2 is 2.08 bits per heavy atom. The molecule has 2 aromatic rings. The number of morpholine rings is 1. The first-order valence-corrected chi connectivity index (χ1v) is 8.16. The van der Waals surface area contributed by atoms with Crippen molar-refractivity contribution < 1.29 is 9.53 Å². The fourth-order valence-corrected chi connectivity index (χ4v) is 3.23. The molecule has 4 rings (SSSR count). The molecule has 0 aliphatic carbocycles. The number of nitrogens with one attached hydrogen (secondary N) is 1. The molecule has 1 aromatic carbocycles. The number of fused-ring (bicyclic) bond motifs is 1. The lowest BCUT2D eigenvalue weighted by molar-refractivity contribution is -0.121. The molecule has 1 aromatic heterocycles. The van der Waals surface area contributed by atoms with E-state index < -0.39 is 0 Å². The second kappa shape index (κ2) is 6.16. The summed E-state index contributed by atoms with van der Waals surface area (Å²) in [5.74, 6) is 1.00. The van der Waals surface area contributed by atoms with Crippen molar-refractivity contribution in [1.29, 1.82) is 0 Å². The van der Waals surface area contributed by atoms with Crippen molar-refractivity contribution >= 4 is 28.3 Å². The van der Waals surface area contributed by atoms with Crippen molar-refractivity contribution in [2.75, 3.05) is 31.2 Å². The quantitative estimate of drug-likeness (QED) is 0.901. The van der Waals surface area contributed by atoms with Crippen LogP contribution in [0.1, 0.15) is 18.9 Å². The van der Waals surface area contributed by atoms with Gasteiger partial charge in [0, 0.05) is 36.4 Å². The first-order valence-electron chi connectivity index (χ1n) is 8.16. The number of aromatic nitrogens is 2. The zero-order valence-electron chi connectivity index (χ0n) is 13.5. The van der Waals surface area contributed by atoms with Crippen molar-refractivity contribution in [2.24, 2.45) is 11.0 Å². The van der Waals surface area contributed by atoms with E-state index in [2.05, 4.69) is 25.4 Å². The predicted octanol–water partition coefficient (Wildman–Crippen LogP) is 1.33. The Kier molecular flexibility index (Phi) is 3.86. The van der Waals surface area contributed by atoms with Gasteiger partial charge in [-0.25, -0.2) is 15.4 Å². The smallest absolute Gasteiger partial charge is 0.240 e. The van der Waals surface area contributed by atoms with Gasteiger partial charge >= 0.3 is 0 Å². The molecule has 1 N–H and O–H groups in total. The van der Waals surface area contributed by atoms with E-state index in [0.717, 1.165) is 54.3 Å². The number of rotatable bonds is 2. The minimum atomic E-state index is -0.0380. The summed E-state index contributed by atoms with van der Waals surface area (Å²) in [5, 5.41) is 5.25. The topological polar surface area (TPSA) is 79.7 Å². The average Bonchev–Trinajstić information content (AvgIpc) is 2.61. The second-order valence-corrected chi connectivity index (χ2v) is 6.17. The number of amides is 1. The fraction of sp³-hybridized carbons (Fsp3) is 0.412. The van der Waals surface area contributed by atoms with E-state index in [-0.39, 0.29) is 11.8 Å². The minimum absolute atomic E-state index is 0.0380. The van der Waals surface area contributed by atoms with Crippen molar-refractivity contribution in [3.8, 4) is 0 Å². The normalized spacial score (nSPS) is 21.5. The van der Waals surface area contributed by atoms with Gasteiger partial charge in [-0.1, -0.05) is 13.0 Å². The first-order chi connectivity index (χ1) is 11.7. The SMILES string of the molecule is CC1CC(=O)NN=C1c1ccc2c(N3CCOCC3)ncnc2c1. The predicted molar refractivity (Wildman–Crippen MR) is 91.0 cm³/mol. The minimum Gasteiger partial charge on any atom is -0.378 e. The molecule has 7 nitrogen and oxygen atoms in total. The summed E-state index contributed by atoms with van der Waals surface area (Å²) in [7, 11) is 0. The van der Waals surface area contributed by atoms with Crippen LogP contribution in [-0.4, -0.2) is 47.9 Å². The molecule has 0 spiro atoms. The molecule has 2 aliphatic rings. The van der Waals surface area contributed by atoms with Gasteiger partial charge in [-0.15, -0.1) is 0 Å². The highest BCUT2D eigenvalue weighted by Crippen LogP contribution is 2.26. The number of ether oxygens (including phenoxy) is 1. The molecule has 3 heterocycles. The highest BCUT2D eigenvalue weighted by Gasteiger charge is 2.22. The molecule has 0 saturated carbocycles. The molecule has 2 aliphatic heterocycles. The summed E-state index contributed by atoms with van der Waals surface area (Å²) in [6.07, 6.45) is 2.06. The maximum atomic E-state index is 11.4. The fourth-order valence-electron chi connectivity index (χ4n) is 3.23. The molecule has 0 bridgehead atoms. The van der Waals surface area contributed by atoms with E-state index >= 15 is 0 Å². The Morgan fingerprint density at radius 3 is 2.88 bits per heavy atom. The van der Waals surface area contributed by atoms with E-state index in [1.807, 2.05) is 25.1 Å². The Balaban J connectivity index is 1.73. The van der Waals surface area contributed by atoms with Gasteiger partial charge in [0.05, 0.1) is 24.4 Å². The standard InChI is InChI=1S/C17H19N5O2/c1-11-8-15(23)20-21-16(11)12-2-3-13-14(9-12)18-10-19-17(13)22-4-6-24-7-5-22/h2-3,9-11H,4-8H2,1H3,(H,20,23). The number of hydrogen-bond donors (Lipinski definition) is 1. The molecule has 1 saturated heterocycles. The van der Waals surface area contributed by atoms with Crippen LogP contribution in [0.15, 0.2) is 29.6 Å². The monoisotopic (exact) mass is 325 g/mol. The summed E-state index contributed by atoms with van der Waals surface area (Å²) in [6, 6.07) is 6.09. The van der Waals surface area contributed by atoms with Crippen LogP contribution < -0.4 is 10.3 Å². The van der Waals surface area contributed by atoms with Gasteiger partial charge in [-0.3, -0.25) is 4.79 Å². The van der Waals surface area contributed by atoms with Crippen LogP contribution in [0.4, 0.5) is 5.82 Å². The van der Waals surface area contributed by atoms with Crippen LogP contribution in [-0.2, 0) is 9.53 Å². The molecule has 124 valence electrons. The summed E-state index contributed by atoms with van der Waals surface area (Å²) in [5.41, 5.74) is 5.33. The number of hydrogen-bond acceptors (Lipinski definition) is 6. The summed E-state index contributed by atoms with van der Waals surface area (Å²) in [6.45, 7) is 5.13. The highest BCUT2D eigenvalue weighted by molar-refractivity contribution is 6.07. The van der Waals surface area contributed by atoms with Gasteiger partial charge in [0.1, 0.15) is 12.1 Å². The summed E-state index contributed by atoms with van der Waals surface area (Å²) >= 11 is 0. The number of benzene rings is 1. The third-order valence-electron chi connectivity index (χ3n) is 4.48. The van der Waals surface area contributed by atoms with Crippen molar-refractivity contribution in [3.05, 3.63) is 30.1 Å². The first kappa shape index (κ1) is 15.0. The van der Waals surface area contributed by atoms with Crippen LogP contribution >= 0.6 is 0 Å². The molecule has 1 atom stereocenters. The highest BCUT2D eigenvalue weighted by atomic mass is 16.5. The third-order valence-corrected chi connectivity index (χ3v) is 4.48. The molecule has 1 unspecified atom stereocenters. The van der Waals surface area contributed by atoms with Crippen LogP contribution in [0.3, 0.4) is 0 Å². The van der Waals surface area contributed by atoms with Crippen molar-refractivity contribution in [2.45, 2.75) is 13.3 Å².